The predicted octanol–water partition coefficient (Wildman–Crippen LogP) is 4.79. The van der Waals surface area contributed by atoms with E-state index in [0.29, 0.717) is 25.1 Å². The fraction of sp³-hybridized carbons (Fsp3) is 0.444. The monoisotopic (exact) mass is 489 g/mol. The number of thiocarbonyl (C=S) groups is 1. The number of hydrogen-bond donors (Lipinski definition) is 1. The Balaban J connectivity index is 1.74. The number of aromatic hydroxyl groups is 1. The van der Waals surface area contributed by atoms with Crippen LogP contribution in [0.1, 0.15) is 37.7 Å². The van der Waals surface area contributed by atoms with E-state index in [0.717, 1.165) is 17.9 Å². The minimum Gasteiger partial charge on any atom is -0.504 e. The topological polar surface area (TPSA) is 49.8 Å². The van der Waals surface area contributed by atoms with Crippen LogP contribution in [-0.2, 0) is 4.79 Å². The molecule has 1 saturated carbocycles. The molecule has 3 rings (SSSR count). The number of hydrogen-bond acceptors (Lipinski definition) is 5. The minimum atomic E-state index is -0.0185. The minimum absolute atomic E-state index is 0.0185. The number of nitrogens with zero attached hydrogens (tertiary/aromatic N) is 1. The highest BCUT2D eigenvalue weighted by molar-refractivity contribution is 14.1. The second-order valence-electron chi connectivity index (χ2n) is 6.33. The molecule has 1 aliphatic heterocycles. The Morgan fingerprint density at radius 1 is 1.44 bits per heavy atom. The summed E-state index contributed by atoms with van der Waals surface area (Å²) >= 11 is 8.80. The number of phenols is 1. The van der Waals surface area contributed by atoms with E-state index in [1.54, 1.807) is 11.0 Å². The first-order valence-electron chi connectivity index (χ1n) is 8.31. The van der Waals surface area contributed by atoms with Gasteiger partial charge in [-0.1, -0.05) is 49.7 Å². The second-order valence-corrected chi connectivity index (χ2v) is 9.16. The van der Waals surface area contributed by atoms with Gasteiger partial charge in [-0.25, -0.2) is 0 Å². The average molecular weight is 489 g/mol. The van der Waals surface area contributed by atoms with Crippen molar-refractivity contribution >= 4 is 62.9 Å². The van der Waals surface area contributed by atoms with Crippen molar-refractivity contribution in [3.8, 4) is 11.5 Å². The molecule has 1 aromatic rings. The summed E-state index contributed by atoms with van der Waals surface area (Å²) in [5.41, 5.74) is 0.815. The van der Waals surface area contributed by atoms with Gasteiger partial charge in [-0.2, -0.15) is 0 Å². The van der Waals surface area contributed by atoms with Crippen LogP contribution in [0.15, 0.2) is 17.0 Å². The maximum Gasteiger partial charge on any atom is 0.266 e. The molecule has 0 radical (unpaired) electrons. The molecule has 4 nitrogen and oxygen atoms in total. The van der Waals surface area contributed by atoms with Gasteiger partial charge in [-0.3, -0.25) is 9.69 Å². The van der Waals surface area contributed by atoms with Crippen molar-refractivity contribution in [1.82, 2.24) is 4.90 Å². The maximum absolute atomic E-state index is 12.7. The van der Waals surface area contributed by atoms with Crippen molar-refractivity contribution in [1.29, 1.82) is 0 Å². The standard InChI is InChI=1S/C18H20INO3S2/c1-23-14-9-12(8-13(19)16(14)21)10-15-17(22)20(18(24)25-15)7-6-11-4-2-3-5-11/h8-11,21H,2-7H2,1H3. The largest absolute Gasteiger partial charge is 0.504 e. The molecule has 2 aliphatic rings. The quantitative estimate of drug-likeness (QED) is 0.366. The summed E-state index contributed by atoms with van der Waals surface area (Å²) in [4.78, 5) is 15.1. The highest BCUT2D eigenvalue weighted by Gasteiger charge is 2.32. The molecule has 1 aliphatic carbocycles. The summed E-state index contributed by atoms with van der Waals surface area (Å²) in [6, 6.07) is 3.55. The highest BCUT2D eigenvalue weighted by atomic mass is 127. The first-order chi connectivity index (χ1) is 12.0. The van der Waals surface area contributed by atoms with E-state index in [4.69, 9.17) is 17.0 Å². The Bertz CT molecular complexity index is 729. The summed E-state index contributed by atoms with van der Waals surface area (Å²) in [6.07, 6.45) is 8.02. The second kappa shape index (κ2) is 8.26. The number of amides is 1. The number of carbonyl (C=O) groups is 1. The smallest absolute Gasteiger partial charge is 0.266 e. The number of thioether (sulfide) groups is 1. The third-order valence-corrected chi connectivity index (χ3v) is 6.88. The van der Waals surface area contributed by atoms with Crippen molar-refractivity contribution in [2.45, 2.75) is 32.1 Å². The number of phenolic OH excluding ortho intramolecular Hbond substituents is 1. The molecule has 7 heteroatoms. The van der Waals surface area contributed by atoms with Gasteiger partial charge in [-0.05, 0) is 58.7 Å². The zero-order valence-corrected chi connectivity index (χ0v) is 17.7. The first kappa shape index (κ1) is 19.0. The molecule has 2 fully saturated rings. The highest BCUT2D eigenvalue weighted by Crippen LogP contribution is 2.37. The third kappa shape index (κ3) is 4.31. The third-order valence-electron chi connectivity index (χ3n) is 4.68. The van der Waals surface area contributed by atoms with Crippen LogP contribution in [0, 0.1) is 9.49 Å². The van der Waals surface area contributed by atoms with Gasteiger partial charge < -0.3 is 9.84 Å². The Hall–Kier alpha value is -0.800. The van der Waals surface area contributed by atoms with E-state index in [9.17, 15) is 9.90 Å². The lowest BCUT2D eigenvalue weighted by Crippen LogP contribution is -2.30. The lowest BCUT2D eigenvalue weighted by molar-refractivity contribution is -0.122. The van der Waals surface area contributed by atoms with Gasteiger partial charge in [0, 0.05) is 6.54 Å². The van der Waals surface area contributed by atoms with E-state index < -0.39 is 0 Å². The Kier molecular flexibility index (Phi) is 6.27. The summed E-state index contributed by atoms with van der Waals surface area (Å²) in [7, 11) is 1.51. The normalized spacial score (nSPS) is 20.1. The van der Waals surface area contributed by atoms with Crippen LogP contribution < -0.4 is 4.74 Å². The number of halogens is 1. The fourth-order valence-electron chi connectivity index (χ4n) is 3.29. The van der Waals surface area contributed by atoms with Crippen LogP contribution in [-0.4, -0.2) is 33.9 Å². The van der Waals surface area contributed by atoms with E-state index in [-0.39, 0.29) is 11.7 Å². The van der Waals surface area contributed by atoms with Crippen LogP contribution in [0.2, 0.25) is 0 Å². The number of benzene rings is 1. The molecule has 1 aromatic carbocycles. The Morgan fingerprint density at radius 2 is 2.16 bits per heavy atom. The van der Waals surface area contributed by atoms with Gasteiger partial charge >= 0.3 is 0 Å². The molecule has 1 saturated heterocycles. The molecule has 0 unspecified atom stereocenters. The molecule has 25 heavy (non-hydrogen) atoms. The first-order valence-corrected chi connectivity index (χ1v) is 10.6. The van der Waals surface area contributed by atoms with Crippen LogP contribution in [0.3, 0.4) is 0 Å². The fourth-order valence-corrected chi connectivity index (χ4v) is 5.22. The van der Waals surface area contributed by atoms with E-state index in [1.807, 2.05) is 34.7 Å². The summed E-state index contributed by atoms with van der Waals surface area (Å²) in [6.45, 7) is 0.711. The maximum atomic E-state index is 12.7. The van der Waals surface area contributed by atoms with Crippen LogP contribution in [0.5, 0.6) is 11.5 Å². The van der Waals surface area contributed by atoms with Gasteiger partial charge in [0.25, 0.3) is 5.91 Å². The van der Waals surface area contributed by atoms with Gasteiger partial charge in [0.05, 0.1) is 15.6 Å². The number of carbonyl (C=O) groups excluding carboxylic acids is 1. The zero-order chi connectivity index (χ0) is 18.0. The summed E-state index contributed by atoms with van der Waals surface area (Å²) < 4.78 is 6.50. The van der Waals surface area contributed by atoms with Crippen LogP contribution in [0.25, 0.3) is 6.08 Å². The molecule has 0 bridgehead atoms. The van der Waals surface area contributed by atoms with E-state index >= 15 is 0 Å². The van der Waals surface area contributed by atoms with Crippen molar-refractivity contribution in [3.63, 3.8) is 0 Å². The molecule has 0 atom stereocenters. The molecular formula is C18H20INO3S2. The van der Waals surface area contributed by atoms with Crippen LogP contribution in [0.4, 0.5) is 0 Å². The van der Waals surface area contributed by atoms with E-state index in [2.05, 4.69) is 0 Å². The SMILES string of the molecule is COc1cc(C=C2SC(=S)N(CCC3CCCC3)C2=O)cc(I)c1O. The summed E-state index contributed by atoms with van der Waals surface area (Å²) in [5, 5.41) is 9.94. The average Bonchev–Trinajstić information content (AvgIpc) is 3.18. The molecule has 0 aromatic heterocycles. The molecule has 1 amide bonds. The van der Waals surface area contributed by atoms with Gasteiger partial charge in [-0.15, -0.1) is 0 Å². The van der Waals surface area contributed by atoms with Gasteiger partial charge in [0.2, 0.25) is 0 Å². The van der Waals surface area contributed by atoms with Crippen molar-refractivity contribution < 1.29 is 14.6 Å². The van der Waals surface area contributed by atoms with Crippen LogP contribution >= 0.6 is 46.6 Å². The predicted molar refractivity (Wildman–Crippen MR) is 114 cm³/mol. The Labute approximate surface area is 171 Å². The molecular weight excluding hydrogens is 469 g/mol. The molecule has 1 N–H and O–H groups in total. The number of ether oxygens (including phenoxy) is 1. The Morgan fingerprint density at radius 3 is 2.84 bits per heavy atom. The lowest BCUT2D eigenvalue weighted by Gasteiger charge is -2.17. The number of methoxy groups -OCH3 is 1. The van der Waals surface area contributed by atoms with Crippen molar-refractivity contribution in [2.75, 3.05) is 13.7 Å². The van der Waals surface area contributed by atoms with Gasteiger partial charge in [0.1, 0.15) is 4.32 Å². The van der Waals surface area contributed by atoms with Crippen molar-refractivity contribution in [2.24, 2.45) is 5.92 Å². The molecule has 0 spiro atoms. The van der Waals surface area contributed by atoms with Gasteiger partial charge in [0.15, 0.2) is 11.5 Å². The molecule has 134 valence electrons. The summed E-state index contributed by atoms with van der Waals surface area (Å²) in [5.74, 6) is 1.23. The zero-order valence-electron chi connectivity index (χ0n) is 14.0. The van der Waals surface area contributed by atoms with Crippen molar-refractivity contribution in [3.05, 3.63) is 26.2 Å². The van der Waals surface area contributed by atoms with E-state index in [1.165, 1.54) is 44.6 Å². The lowest BCUT2D eigenvalue weighted by atomic mass is 10.0. The number of rotatable bonds is 5. The molecule has 1 heterocycles.